The summed E-state index contributed by atoms with van der Waals surface area (Å²) in [6.45, 7) is 6.25. The molecule has 1 saturated heterocycles. The van der Waals surface area contributed by atoms with Crippen molar-refractivity contribution in [1.29, 1.82) is 0 Å². The maximum atomic E-state index is 12.3. The number of carbonyl (C=O) groups is 2. The zero-order valence-corrected chi connectivity index (χ0v) is 14.7. The van der Waals surface area contributed by atoms with Gasteiger partial charge < -0.3 is 15.0 Å². The van der Waals surface area contributed by atoms with Crippen LogP contribution in [0.5, 0.6) is 0 Å². The van der Waals surface area contributed by atoms with Gasteiger partial charge in [0, 0.05) is 25.6 Å². The highest BCUT2D eigenvalue weighted by Gasteiger charge is 2.25. The van der Waals surface area contributed by atoms with Crippen LogP contribution in [0.2, 0.25) is 0 Å². The van der Waals surface area contributed by atoms with E-state index in [2.05, 4.69) is 5.32 Å². The van der Waals surface area contributed by atoms with Crippen molar-refractivity contribution >= 4 is 11.8 Å². The SMILES string of the molecule is CC(C)C(=O)NCC1CCCN(C(=O)COC2CCCCC2)C1. The maximum absolute atomic E-state index is 12.3. The number of rotatable bonds is 6. The van der Waals surface area contributed by atoms with Crippen LogP contribution in [0.25, 0.3) is 0 Å². The van der Waals surface area contributed by atoms with Gasteiger partial charge in [0.25, 0.3) is 0 Å². The van der Waals surface area contributed by atoms with Crippen molar-refractivity contribution in [3.8, 4) is 0 Å². The monoisotopic (exact) mass is 324 g/mol. The molecule has 5 heteroatoms. The summed E-state index contributed by atoms with van der Waals surface area (Å²) in [5.74, 6) is 0.579. The van der Waals surface area contributed by atoms with Crippen molar-refractivity contribution < 1.29 is 14.3 Å². The average Bonchev–Trinajstić information content (AvgIpc) is 2.58. The third-order valence-electron chi connectivity index (χ3n) is 4.96. The van der Waals surface area contributed by atoms with Crippen molar-refractivity contribution in [2.75, 3.05) is 26.2 Å². The molecule has 2 amide bonds. The first-order valence-corrected chi connectivity index (χ1v) is 9.23. The van der Waals surface area contributed by atoms with E-state index in [-0.39, 0.29) is 30.4 Å². The van der Waals surface area contributed by atoms with E-state index in [9.17, 15) is 9.59 Å². The minimum atomic E-state index is 0.0141. The molecule has 2 rings (SSSR count). The number of nitrogens with zero attached hydrogens (tertiary/aromatic N) is 1. The van der Waals surface area contributed by atoms with Gasteiger partial charge in [0.1, 0.15) is 6.61 Å². The van der Waals surface area contributed by atoms with Crippen LogP contribution in [-0.2, 0) is 14.3 Å². The highest BCUT2D eigenvalue weighted by molar-refractivity contribution is 5.78. The van der Waals surface area contributed by atoms with Gasteiger partial charge in [-0.2, -0.15) is 0 Å². The van der Waals surface area contributed by atoms with E-state index in [0.717, 1.165) is 38.8 Å². The van der Waals surface area contributed by atoms with Crippen LogP contribution in [0, 0.1) is 11.8 Å². The van der Waals surface area contributed by atoms with E-state index in [1.807, 2.05) is 18.7 Å². The molecular weight excluding hydrogens is 292 g/mol. The number of amides is 2. The van der Waals surface area contributed by atoms with Gasteiger partial charge in [0.05, 0.1) is 6.10 Å². The van der Waals surface area contributed by atoms with Crippen LogP contribution in [0.1, 0.15) is 58.8 Å². The molecule has 1 aliphatic heterocycles. The molecule has 2 fully saturated rings. The third kappa shape index (κ3) is 6.13. The number of ether oxygens (including phenoxy) is 1. The first-order valence-electron chi connectivity index (χ1n) is 9.23. The van der Waals surface area contributed by atoms with E-state index in [1.165, 1.54) is 19.3 Å². The lowest BCUT2D eigenvalue weighted by atomic mass is 9.97. The summed E-state index contributed by atoms with van der Waals surface area (Å²) in [6, 6.07) is 0. The van der Waals surface area contributed by atoms with E-state index >= 15 is 0 Å². The molecule has 1 aliphatic carbocycles. The van der Waals surface area contributed by atoms with Crippen LogP contribution in [-0.4, -0.2) is 49.1 Å². The predicted molar refractivity (Wildman–Crippen MR) is 90.0 cm³/mol. The van der Waals surface area contributed by atoms with E-state index < -0.39 is 0 Å². The predicted octanol–water partition coefficient (Wildman–Crippen LogP) is 2.35. The third-order valence-corrected chi connectivity index (χ3v) is 4.96. The number of likely N-dealkylation sites (tertiary alicyclic amines) is 1. The van der Waals surface area contributed by atoms with E-state index in [1.54, 1.807) is 0 Å². The second-order valence-electron chi connectivity index (χ2n) is 7.32. The molecule has 132 valence electrons. The molecule has 1 unspecified atom stereocenters. The van der Waals surface area contributed by atoms with Crippen LogP contribution in [0.3, 0.4) is 0 Å². The minimum absolute atomic E-state index is 0.0141. The molecule has 23 heavy (non-hydrogen) atoms. The fourth-order valence-corrected chi connectivity index (χ4v) is 3.42. The van der Waals surface area contributed by atoms with Crippen molar-refractivity contribution in [3.05, 3.63) is 0 Å². The van der Waals surface area contributed by atoms with Crippen molar-refractivity contribution in [1.82, 2.24) is 10.2 Å². The Morgan fingerprint density at radius 3 is 2.57 bits per heavy atom. The molecule has 1 heterocycles. The molecule has 1 N–H and O–H groups in total. The average molecular weight is 324 g/mol. The van der Waals surface area contributed by atoms with Gasteiger partial charge in [0.15, 0.2) is 0 Å². The molecule has 0 spiro atoms. The normalized spacial score (nSPS) is 23.1. The summed E-state index contributed by atoms with van der Waals surface area (Å²) in [4.78, 5) is 25.9. The van der Waals surface area contributed by atoms with Crippen LogP contribution in [0.15, 0.2) is 0 Å². The molecule has 0 aromatic rings. The Kier molecular flexibility index (Phi) is 7.34. The topological polar surface area (TPSA) is 58.6 Å². The van der Waals surface area contributed by atoms with Gasteiger partial charge in [-0.15, -0.1) is 0 Å². The second kappa shape index (κ2) is 9.26. The minimum Gasteiger partial charge on any atom is -0.368 e. The molecule has 0 bridgehead atoms. The lowest BCUT2D eigenvalue weighted by Crippen LogP contribution is -2.45. The molecule has 1 saturated carbocycles. The Labute approximate surface area is 140 Å². The number of nitrogens with one attached hydrogen (secondary N) is 1. The first kappa shape index (κ1) is 18.2. The van der Waals surface area contributed by atoms with E-state index in [0.29, 0.717) is 12.5 Å². The van der Waals surface area contributed by atoms with Crippen LogP contribution >= 0.6 is 0 Å². The van der Waals surface area contributed by atoms with Gasteiger partial charge >= 0.3 is 0 Å². The number of carbonyl (C=O) groups excluding carboxylic acids is 2. The van der Waals surface area contributed by atoms with Crippen molar-refractivity contribution in [3.63, 3.8) is 0 Å². The summed E-state index contributed by atoms with van der Waals surface area (Å²) >= 11 is 0. The van der Waals surface area contributed by atoms with Crippen molar-refractivity contribution in [2.45, 2.75) is 64.9 Å². The first-order chi connectivity index (χ1) is 11.1. The zero-order valence-electron chi connectivity index (χ0n) is 14.7. The maximum Gasteiger partial charge on any atom is 0.248 e. The fraction of sp³-hybridized carbons (Fsp3) is 0.889. The van der Waals surface area contributed by atoms with Gasteiger partial charge in [-0.1, -0.05) is 33.1 Å². The Morgan fingerprint density at radius 2 is 1.87 bits per heavy atom. The summed E-state index contributed by atoms with van der Waals surface area (Å²) in [7, 11) is 0. The highest BCUT2D eigenvalue weighted by Crippen LogP contribution is 2.21. The van der Waals surface area contributed by atoms with E-state index in [4.69, 9.17) is 4.74 Å². The summed E-state index contributed by atoms with van der Waals surface area (Å²) < 4.78 is 5.80. The Balaban J connectivity index is 1.69. The van der Waals surface area contributed by atoms with Crippen LogP contribution < -0.4 is 5.32 Å². The van der Waals surface area contributed by atoms with Crippen LogP contribution in [0.4, 0.5) is 0 Å². The Bertz CT molecular complexity index is 392. The Morgan fingerprint density at radius 1 is 1.13 bits per heavy atom. The van der Waals surface area contributed by atoms with Gasteiger partial charge in [-0.05, 0) is 31.6 Å². The number of piperidine rings is 1. The molecule has 1 atom stereocenters. The fourth-order valence-electron chi connectivity index (χ4n) is 3.42. The van der Waals surface area contributed by atoms with Gasteiger partial charge in [-0.3, -0.25) is 9.59 Å². The molecule has 0 aromatic heterocycles. The standard InChI is InChI=1S/C18H32N2O3/c1-14(2)18(22)19-11-15-7-6-10-20(12-15)17(21)13-23-16-8-4-3-5-9-16/h14-16H,3-13H2,1-2H3,(H,19,22). The highest BCUT2D eigenvalue weighted by atomic mass is 16.5. The van der Waals surface area contributed by atoms with Crippen molar-refractivity contribution in [2.24, 2.45) is 11.8 Å². The van der Waals surface area contributed by atoms with Gasteiger partial charge in [0.2, 0.25) is 11.8 Å². The Hall–Kier alpha value is -1.10. The largest absolute Gasteiger partial charge is 0.368 e. The molecule has 0 radical (unpaired) electrons. The zero-order chi connectivity index (χ0) is 16.7. The molecule has 2 aliphatic rings. The summed E-state index contributed by atoms with van der Waals surface area (Å²) in [5.41, 5.74) is 0. The lowest BCUT2D eigenvalue weighted by molar-refractivity contribution is -0.140. The number of hydrogen-bond acceptors (Lipinski definition) is 3. The smallest absolute Gasteiger partial charge is 0.248 e. The molecule has 0 aromatic carbocycles. The molecular formula is C18H32N2O3. The quantitative estimate of drug-likeness (QED) is 0.816. The number of hydrogen-bond donors (Lipinski definition) is 1. The van der Waals surface area contributed by atoms with Gasteiger partial charge in [-0.25, -0.2) is 0 Å². The summed E-state index contributed by atoms with van der Waals surface area (Å²) in [6.07, 6.45) is 8.29. The molecule has 5 nitrogen and oxygen atoms in total. The lowest BCUT2D eigenvalue weighted by Gasteiger charge is -2.33. The summed E-state index contributed by atoms with van der Waals surface area (Å²) in [5, 5.41) is 2.99. The second-order valence-corrected chi connectivity index (χ2v) is 7.32.